The van der Waals surface area contributed by atoms with Gasteiger partial charge < -0.3 is 16.2 Å². The third-order valence-corrected chi connectivity index (χ3v) is 3.68. The molecule has 0 aliphatic rings. The quantitative estimate of drug-likeness (QED) is 0.711. The van der Waals surface area contributed by atoms with Crippen LogP contribution in [-0.2, 0) is 0 Å². The van der Waals surface area contributed by atoms with E-state index in [2.05, 4.69) is 5.32 Å². The summed E-state index contributed by atoms with van der Waals surface area (Å²) < 4.78 is 26.2. The molecule has 0 aliphatic carbocycles. The Labute approximate surface area is 103 Å². The Morgan fingerprint density at radius 2 is 2.12 bits per heavy atom. The molecule has 1 aromatic carbocycles. The lowest BCUT2D eigenvalue weighted by Gasteiger charge is -2.23. The first-order valence-electron chi connectivity index (χ1n) is 5.14. The van der Waals surface area contributed by atoms with Gasteiger partial charge in [0, 0.05) is 17.4 Å². The van der Waals surface area contributed by atoms with Crippen LogP contribution in [0.4, 0.5) is 20.2 Å². The van der Waals surface area contributed by atoms with Crippen LogP contribution in [0.2, 0.25) is 0 Å². The third-order valence-electron chi connectivity index (χ3n) is 2.52. The van der Waals surface area contributed by atoms with E-state index in [4.69, 9.17) is 10.8 Å². The van der Waals surface area contributed by atoms with Gasteiger partial charge in [-0.25, -0.2) is 8.78 Å². The number of aliphatic hydroxyl groups is 1. The van der Waals surface area contributed by atoms with Gasteiger partial charge in [0.2, 0.25) is 0 Å². The maximum atomic E-state index is 13.2. The summed E-state index contributed by atoms with van der Waals surface area (Å²) in [6, 6.07) is 1.73. The van der Waals surface area contributed by atoms with Crippen LogP contribution in [0.5, 0.6) is 0 Å². The summed E-state index contributed by atoms with van der Waals surface area (Å²) in [5.74, 6) is -1.47. The molecule has 0 saturated heterocycles. The lowest BCUT2D eigenvalue weighted by Crippen LogP contribution is -2.31. The minimum absolute atomic E-state index is 0.0208. The molecule has 0 aromatic heterocycles. The number of aliphatic hydroxyl groups excluding tert-OH is 1. The Balaban J connectivity index is 2.87. The highest BCUT2D eigenvalue weighted by Crippen LogP contribution is 2.25. The molecule has 17 heavy (non-hydrogen) atoms. The predicted molar refractivity (Wildman–Crippen MR) is 68.2 cm³/mol. The fourth-order valence-electron chi connectivity index (χ4n) is 1.48. The van der Waals surface area contributed by atoms with Crippen molar-refractivity contribution >= 4 is 23.1 Å². The zero-order chi connectivity index (χ0) is 13.0. The zero-order valence-corrected chi connectivity index (χ0v) is 10.5. The molecule has 0 amide bonds. The number of halogens is 2. The fourth-order valence-corrected chi connectivity index (χ4v) is 2.10. The second-order valence-electron chi connectivity index (χ2n) is 3.74. The molecule has 96 valence electrons. The molecule has 4 N–H and O–H groups in total. The summed E-state index contributed by atoms with van der Waals surface area (Å²) in [7, 11) is 0. The zero-order valence-electron chi connectivity index (χ0n) is 9.71. The van der Waals surface area contributed by atoms with Gasteiger partial charge in [-0.2, -0.15) is 11.8 Å². The molecule has 0 saturated carbocycles. The number of benzene rings is 1. The van der Waals surface area contributed by atoms with Crippen LogP contribution in [-0.4, -0.2) is 29.3 Å². The molecule has 2 atom stereocenters. The summed E-state index contributed by atoms with van der Waals surface area (Å²) in [5, 5.41) is 12.0. The molecule has 1 aromatic rings. The Kier molecular flexibility index (Phi) is 5.02. The Morgan fingerprint density at radius 1 is 1.47 bits per heavy atom. The normalized spacial score (nSPS) is 14.4. The van der Waals surface area contributed by atoms with Crippen molar-refractivity contribution in [1.82, 2.24) is 0 Å². The summed E-state index contributed by atoms with van der Waals surface area (Å²) in [6.45, 7) is 1.80. The molecule has 0 heterocycles. The van der Waals surface area contributed by atoms with Crippen molar-refractivity contribution in [2.24, 2.45) is 0 Å². The van der Waals surface area contributed by atoms with E-state index in [0.29, 0.717) is 0 Å². The van der Waals surface area contributed by atoms with E-state index in [1.807, 2.05) is 13.2 Å². The number of nitrogen functional groups attached to an aromatic ring is 1. The molecule has 0 radical (unpaired) electrons. The van der Waals surface area contributed by atoms with Crippen LogP contribution in [0, 0.1) is 11.6 Å². The van der Waals surface area contributed by atoms with Crippen LogP contribution in [0.1, 0.15) is 6.92 Å². The molecule has 0 fully saturated rings. The van der Waals surface area contributed by atoms with Crippen molar-refractivity contribution in [3.05, 3.63) is 23.8 Å². The number of nitrogens with two attached hydrogens (primary N) is 1. The Morgan fingerprint density at radius 3 is 2.65 bits per heavy atom. The van der Waals surface area contributed by atoms with E-state index in [-0.39, 0.29) is 29.3 Å². The smallest absolute Gasteiger partial charge is 0.151 e. The standard InChI is InChI=1S/C11H16F2N2OS/c1-6(10(5-16)17-2)15-9-4-7(12)3-8(13)11(9)14/h3-4,6,10,15-16H,5,14H2,1-2H3. The first kappa shape index (κ1) is 14.1. The summed E-state index contributed by atoms with van der Waals surface area (Å²) in [6.07, 6.45) is 1.86. The van der Waals surface area contributed by atoms with Gasteiger partial charge in [-0.1, -0.05) is 0 Å². The average molecular weight is 262 g/mol. The third kappa shape index (κ3) is 3.47. The van der Waals surface area contributed by atoms with Crippen LogP contribution in [0.15, 0.2) is 12.1 Å². The first-order chi connectivity index (χ1) is 7.99. The minimum atomic E-state index is -0.788. The number of nitrogens with one attached hydrogen (secondary N) is 1. The maximum Gasteiger partial charge on any atom is 0.151 e. The largest absolute Gasteiger partial charge is 0.395 e. The van der Waals surface area contributed by atoms with Crippen molar-refractivity contribution in [2.45, 2.75) is 18.2 Å². The van der Waals surface area contributed by atoms with E-state index in [1.165, 1.54) is 11.8 Å². The SMILES string of the molecule is CSC(CO)C(C)Nc1cc(F)cc(F)c1N. The molecule has 0 spiro atoms. The Bertz CT molecular complexity index is 386. The second kappa shape index (κ2) is 6.07. The topological polar surface area (TPSA) is 58.3 Å². The minimum Gasteiger partial charge on any atom is -0.395 e. The van der Waals surface area contributed by atoms with Crippen molar-refractivity contribution in [2.75, 3.05) is 23.9 Å². The van der Waals surface area contributed by atoms with Crippen LogP contribution >= 0.6 is 11.8 Å². The van der Waals surface area contributed by atoms with Crippen LogP contribution < -0.4 is 11.1 Å². The van der Waals surface area contributed by atoms with Gasteiger partial charge in [0.15, 0.2) is 5.82 Å². The van der Waals surface area contributed by atoms with E-state index in [1.54, 1.807) is 0 Å². The second-order valence-corrected chi connectivity index (χ2v) is 4.82. The monoisotopic (exact) mass is 262 g/mol. The lowest BCUT2D eigenvalue weighted by atomic mass is 10.2. The van der Waals surface area contributed by atoms with Gasteiger partial charge in [0.05, 0.1) is 18.0 Å². The number of anilines is 2. The van der Waals surface area contributed by atoms with Gasteiger partial charge >= 0.3 is 0 Å². The highest BCUT2D eigenvalue weighted by atomic mass is 32.2. The fraction of sp³-hybridized carbons (Fsp3) is 0.455. The molecule has 0 bridgehead atoms. The van der Waals surface area contributed by atoms with Gasteiger partial charge in [-0.15, -0.1) is 0 Å². The van der Waals surface area contributed by atoms with E-state index in [0.717, 1.165) is 12.1 Å². The van der Waals surface area contributed by atoms with Crippen molar-refractivity contribution in [3.8, 4) is 0 Å². The van der Waals surface area contributed by atoms with Gasteiger partial charge in [-0.05, 0) is 19.2 Å². The van der Waals surface area contributed by atoms with Gasteiger partial charge in [-0.3, -0.25) is 0 Å². The summed E-state index contributed by atoms with van der Waals surface area (Å²) >= 11 is 1.47. The van der Waals surface area contributed by atoms with Crippen molar-refractivity contribution in [3.63, 3.8) is 0 Å². The molecular formula is C11H16F2N2OS. The van der Waals surface area contributed by atoms with Crippen LogP contribution in [0.25, 0.3) is 0 Å². The van der Waals surface area contributed by atoms with Crippen LogP contribution in [0.3, 0.4) is 0 Å². The van der Waals surface area contributed by atoms with E-state index < -0.39 is 11.6 Å². The number of hydrogen-bond acceptors (Lipinski definition) is 4. The van der Waals surface area contributed by atoms with Crippen molar-refractivity contribution < 1.29 is 13.9 Å². The predicted octanol–water partition coefficient (Wildman–Crippen LogP) is 2.07. The Hall–Kier alpha value is -1.01. The molecule has 3 nitrogen and oxygen atoms in total. The highest BCUT2D eigenvalue weighted by molar-refractivity contribution is 7.99. The van der Waals surface area contributed by atoms with E-state index >= 15 is 0 Å². The molecular weight excluding hydrogens is 246 g/mol. The molecule has 1 rings (SSSR count). The molecule has 2 unspecified atom stereocenters. The first-order valence-corrected chi connectivity index (χ1v) is 6.43. The lowest BCUT2D eigenvalue weighted by molar-refractivity contribution is 0.288. The average Bonchev–Trinajstić information content (AvgIpc) is 2.27. The molecule has 0 aliphatic heterocycles. The van der Waals surface area contributed by atoms with Crippen molar-refractivity contribution in [1.29, 1.82) is 0 Å². The highest BCUT2D eigenvalue weighted by Gasteiger charge is 2.17. The molecule has 6 heteroatoms. The summed E-state index contributed by atoms with van der Waals surface area (Å²) in [5.41, 5.74) is 5.61. The number of thioether (sulfide) groups is 1. The van der Waals surface area contributed by atoms with Gasteiger partial charge in [0.1, 0.15) is 5.82 Å². The van der Waals surface area contributed by atoms with E-state index in [9.17, 15) is 8.78 Å². The maximum absolute atomic E-state index is 13.2. The number of rotatable bonds is 5. The number of hydrogen-bond donors (Lipinski definition) is 3. The van der Waals surface area contributed by atoms with Gasteiger partial charge in [0.25, 0.3) is 0 Å². The summed E-state index contributed by atoms with van der Waals surface area (Å²) in [4.78, 5) is 0.